The Kier molecular flexibility index (Phi) is 7.25. The smallest absolute Gasteiger partial charge is 0.256 e. The summed E-state index contributed by atoms with van der Waals surface area (Å²) in [5.74, 6) is -0.668. The van der Waals surface area contributed by atoms with Gasteiger partial charge in [-0.2, -0.15) is 0 Å². The fourth-order valence-electron chi connectivity index (χ4n) is 3.90. The number of aromatic nitrogens is 1. The summed E-state index contributed by atoms with van der Waals surface area (Å²) in [5, 5.41) is 2.65. The highest BCUT2D eigenvalue weighted by Gasteiger charge is 2.30. The Labute approximate surface area is 188 Å². The van der Waals surface area contributed by atoms with Crippen molar-refractivity contribution in [1.82, 2.24) is 14.8 Å². The van der Waals surface area contributed by atoms with Crippen molar-refractivity contribution in [3.05, 3.63) is 106 Å². The summed E-state index contributed by atoms with van der Waals surface area (Å²) in [6.07, 6.45) is 1.53. The van der Waals surface area contributed by atoms with E-state index in [1.807, 2.05) is 60.7 Å². The largest absolute Gasteiger partial charge is 0.357 e. The minimum absolute atomic E-state index is 0.123. The van der Waals surface area contributed by atoms with Gasteiger partial charge in [0, 0.05) is 38.3 Å². The Hall–Kier alpha value is -3.67. The molecule has 1 N–H and O–H groups in total. The topological polar surface area (TPSA) is 71.4 Å². The van der Waals surface area contributed by atoms with E-state index in [1.165, 1.54) is 10.8 Å². The zero-order chi connectivity index (χ0) is 23.3. The van der Waals surface area contributed by atoms with Crippen LogP contribution >= 0.6 is 0 Å². The van der Waals surface area contributed by atoms with E-state index < -0.39 is 6.04 Å². The van der Waals surface area contributed by atoms with Crippen molar-refractivity contribution < 1.29 is 9.59 Å². The van der Waals surface area contributed by atoms with Crippen LogP contribution in [0.2, 0.25) is 0 Å². The van der Waals surface area contributed by atoms with Crippen molar-refractivity contribution in [2.45, 2.75) is 25.8 Å². The van der Waals surface area contributed by atoms with Crippen LogP contribution in [-0.4, -0.2) is 40.9 Å². The molecule has 0 aliphatic carbocycles. The van der Waals surface area contributed by atoms with Gasteiger partial charge in [0.05, 0.1) is 5.56 Å². The number of carbonyl (C=O) groups excluding carboxylic acids is 2. The molecule has 6 nitrogen and oxygen atoms in total. The average molecular weight is 432 g/mol. The molecular weight excluding hydrogens is 402 g/mol. The third-order valence-electron chi connectivity index (χ3n) is 5.75. The molecule has 0 aliphatic rings. The summed E-state index contributed by atoms with van der Waals surface area (Å²) < 4.78 is 1.40. The van der Waals surface area contributed by atoms with Crippen molar-refractivity contribution in [3.8, 4) is 0 Å². The number of pyridine rings is 1. The summed E-state index contributed by atoms with van der Waals surface area (Å²) >= 11 is 0. The van der Waals surface area contributed by atoms with Gasteiger partial charge in [-0.3, -0.25) is 14.4 Å². The molecule has 6 heteroatoms. The lowest BCUT2D eigenvalue weighted by Crippen LogP contribution is -2.49. The molecule has 0 unspecified atom stereocenters. The molecule has 0 aliphatic heterocycles. The molecule has 0 fully saturated rings. The molecule has 32 heavy (non-hydrogen) atoms. The van der Waals surface area contributed by atoms with Crippen LogP contribution in [0, 0.1) is 6.92 Å². The number of likely N-dealkylation sites (N-methyl/N-ethyl adjacent to an activating group) is 1. The van der Waals surface area contributed by atoms with E-state index in [4.69, 9.17) is 0 Å². The van der Waals surface area contributed by atoms with Crippen molar-refractivity contribution in [3.63, 3.8) is 0 Å². The first-order valence-corrected chi connectivity index (χ1v) is 10.6. The molecular formula is C26H29N3O3. The Morgan fingerprint density at radius 3 is 2.00 bits per heavy atom. The third-order valence-corrected chi connectivity index (χ3v) is 5.75. The number of hydrogen-bond acceptors (Lipinski definition) is 3. The second-order valence-corrected chi connectivity index (χ2v) is 7.95. The van der Waals surface area contributed by atoms with E-state index in [2.05, 4.69) is 5.32 Å². The van der Waals surface area contributed by atoms with Crippen LogP contribution in [0.5, 0.6) is 0 Å². The second kappa shape index (κ2) is 10.1. The first-order valence-electron chi connectivity index (χ1n) is 10.6. The molecule has 3 aromatic rings. The SMILES string of the molecule is CNC(=O)[C@H](C)N(CC(c1ccccc1)c1ccccc1)C(=O)c1cc(C)c(=O)n(C)c1. The molecule has 1 atom stereocenters. The average Bonchev–Trinajstić information content (AvgIpc) is 2.82. The van der Waals surface area contributed by atoms with Crippen molar-refractivity contribution in [2.75, 3.05) is 13.6 Å². The third kappa shape index (κ3) is 4.97. The lowest BCUT2D eigenvalue weighted by molar-refractivity contribution is -0.124. The van der Waals surface area contributed by atoms with Gasteiger partial charge in [0.2, 0.25) is 5.91 Å². The van der Waals surface area contributed by atoms with Gasteiger partial charge in [0.15, 0.2) is 0 Å². The van der Waals surface area contributed by atoms with Crippen molar-refractivity contribution in [1.29, 1.82) is 0 Å². The number of hydrogen-bond donors (Lipinski definition) is 1. The summed E-state index contributed by atoms with van der Waals surface area (Å²) in [5.41, 5.74) is 2.81. The molecule has 0 bridgehead atoms. The van der Waals surface area contributed by atoms with Gasteiger partial charge < -0.3 is 14.8 Å². The fraction of sp³-hybridized carbons (Fsp3) is 0.269. The van der Waals surface area contributed by atoms with E-state index in [1.54, 1.807) is 38.9 Å². The maximum Gasteiger partial charge on any atom is 0.256 e. The number of amides is 2. The summed E-state index contributed by atoms with van der Waals surface area (Å²) in [6.45, 7) is 3.71. The molecule has 1 aromatic heterocycles. The number of nitrogens with zero attached hydrogens (tertiary/aromatic N) is 2. The highest BCUT2D eigenvalue weighted by Crippen LogP contribution is 2.27. The van der Waals surface area contributed by atoms with Gasteiger partial charge in [-0.1, -0.05) is 60.7 Å². The van der Waals surface area contributed by atoms with E-state index in [0.29, 0.717) is 17.7 Å². The first-order chi connectivity index (χ1) is 15.3. The summed E-state index contributed by atoms with van der Waals surface area (Å²) in [6, 6.07) is 20.8. The summed E-state index contributed by atoms with van der Waals surface area (Å²) in [7, 11) is 3.18. The van der Waals surface area contributed by atoms with E-state index in [0.717, 1.165) is 11.1 Å². The molecule has 2 amide bonds. The van der Waals surface area contributed by atoms with Crippen LogP contribution in [0.4, 0.5) is 0 Å². The maximum absolute atomic E-state index is 13.7. The van der Waals surface area contributed by atoms with Crippen LogP contribution in [-0.2, 0) is 11.8 Å². The molecule has 0 spiro atoms. The number of aryl methyl sites for hydroxylation is 2. The van der Waals surface area contributed by atoms with Gasteiger partial charge >= 0.3 is 0 Å². The summed E-state index contributed by atoms with van der Waals surface area (Å²) in [4.78, 5) is 39.9. The zero-order valence-electron chi connectivity index (χ0n) is 18.9. The molecule has 2 aromatic carbocycles. The number of benzene rings is 2. The van der Waals surface area contributed by atoms with Crippen LogP contribution in [0.1, 0.15) is 39.9 Å². The van der Waals surface area contributed by atoms with Crippen LogP contribution in [0.15, 0.2) is 77.7 Å². The standard InChI is InChI=1S/C26H29N3O3/c1-18-15-22(16-28(4)25(18)31)26(32)29(19(2)24(30)27-3)17-23(20-11-7-5-8-12-20)21-13-9-6-10-14-21/h5-16,19,23H,17H2,1-4H3,(H,27,30)/t19-/m0/s1. The van der Waals surface area contributed by atoms with Crippen molar-refractivity contribution in [2.24, 2.45) is 7.05 Å². The minimum atomic E-state index is -0.694. The first kappa shape index (κ1) is 23.0. The highest BCUT2D eigenvalue weighted by molar-refractivity contribution is 5.97. The molecule has 1 heterocycles. The number of nitrogens with one attached hydrogen (secondary N) is 1. The highest BCUT2D eigenvalue weighted by atomic mass is 16.2. The van der Waals surface area contributed by atoms with Gasteiger partial charge in [-0.05, 0) is 31.0 Å². The predicted octanol–water partition coefficient (Wildman–Crippen LogP) is 3.10. The van der Waals surface area contributed by atoms with Gasteiger partial charge in [0.1, 0.15) is 6.04 Å². The number of carbonyl (C=O) groups is 2. The lowest BCUT2D eigenvalue weighted by Gasteiger charge is -2.32. The monoisotopic (exact) mass is 431 g/mol. The molecule has 0 saturated heterocycles. The fourth-order valence-corrected chi connectivity index (χ4v) is 3.90. The molecule has 3 rings (SSSR count). The Balaban J connectivity index is 2.07. The van der Waals surface area contributed by atoms with Crippen LogP contribution in [0.25, 0.3) is 0 Å². The second-order valence-electron chi connectivity index (χ2n) is 7.95. The Morgan fingerprint density at radius 2 is 1.53 bits per heavy atom. The zero-order valence-corrected chi connectivity index (χ0v) is 18.9. The quantitative estimate of drug-likeness (QED) is 0.625. The van der Waals surface area contributed by atoms with E-state index in [9.17, 15) is 14.4 Å². The number of rotatable bonds is 7. The van der Waals surface area contributed by atoms with E-state index in [-0.39, 0.29) is 23.3 Å². The normalized spacial score (nSPS) is 11.8. The van der Waals surface area contributed by atoms with Gasteiger partial charge in [-0.15, -0.1) is 0 Å². The van der Waals surface area contributed by atoms with Gasteiger partial charge in [-0.25, -0.2) is 0 Å². The molecule has 0 radical (unpaired) electrons. The molecule has 166 valence electrons. The Morgan fingerprint density at radius 1 is 1.00 bits per heavy atom. The van der Waals surface area contributed by atoms with E-state index >= 15 is 0 Å². The minimum Gasteiger partial charge on any atom is -0.357 e. The molecule has 0 saturated carbocycles. The lowest BCUT2D eigenvalue weighted by atomic mass is 9.90. The Bertz CT molecular complexity index is 1070. The van der Waals surface area contributed by atoms with Crippen LogP contribution < -0.4 is 10.9 Å². The van der Waals surface area contributed by atoms with Gasteiger partial charge in [0.25, 0.3) is 11.5 Å². The predicted molar refractivity (Wildman–Crippen MR) is 126 cm³/mol. The van der Waals surface area contributed by atoms with Crippen LogP contribution in [0.3, 0.4) is 0 Å². The van der Waals surface area contributed by atoms with Crippen molar-refractivity contribution >= 4 is 11.8 Å². The maximum atomic E-state index is 13.7.